The Morgan fingerprint density at radius 3 is 2.83 bits per heavy atom. The molecule has 1 aromatic carbocycles. The molecule has 98 valence electrons. The standard InChI is InChI=1S/C13H16Cl2N2O/c1-8-5-6-17(7-11(8)16)13(18)9-3-2-4-10(14)12(9)15/h2-4,8,11H,5-7,16H2,1H3. The van der Waals surface area contributed by atoms with E-state index >= 15 is 0 Å². The number of hydrogen-bond acceptors (Lipinski definition) is 2. The molecule has 18 heavy (non-hydrogen) atoms. The number of hydrogen-bond donors (Lipinski definition) is 1. The number of piperidine rings is 1. The van der Waals surface area contributed by atoms with Crippen molar-refractivity contribution in [3.05, 3.63) is 33.8 Å². The number of amides is 1. The number of nitrogens with two attached hydrogens (primary N) is 1. The van der Waals surface area contributed by atoms with Gasteiger partial charge in [0.2, 0.25) is 0 Å². The predicted molar refractivity (Wildman–Crippen MR) is 74.1 cm³/mol. The van der Waals surface area contributed by atoms with Crippen LogP contribution in [0.1, 0.15) is 23.7 Å². The van der Waals surface area contributed by atoms with Crippen molar-refractivity contribution in [3.63, 3.8) is 0 Å². The fourth-order valence-electron chi connectivity index (χ4n) is 2.12. The van der Waals surface area contributed by atoms with Crippen molar-refractivity contribution in [1.29, 1.82) is 0 Å². The van der Waals surface area contributed by atoms with Gasteiger partial charge in [0.25, 0.3) is 5.91 Å². The smallest absolute Gasteiger partial charge is 0.255 e. The Bertz CT molecular complexity index is 464. The van der Waals surface area contributed by atoms with Crippen molar-refractivity contribution in [1.82, 2.24) is 4.90 Å². The van der Waals surface area contributed by atoms with Gasteiger partial charge in [0.15, 0.2) is 0 Å². The molecule has 1 amide bonds. The molecule has 2 unspecified atom stereocenters. The van der Waals surface area contributed by atoms with E-state index in [4.69, 9.17) is 28.9 Å². The van der Waals surface area contributed by atoms with Crippen LogP contribution in [0.2, 0.25) is 10.0 Å². The van der Waals surface area contributed by atoms with Crippen molar-refractivity contribution in [2.45, 2.75) is 19.4 Å². The van der Waals surface area contributed by atoms with E-state index in [9.17, 15) is 4.79 Å². The van der Waals surface area contributed by atoms with Gasteiger partial charge < -0.3 is 10.6 Å². The molecule has 3 nitrogen and oxygen atoms in total. The molecule has 1 fully saturated rings. The van der Waals surface area contributed by atoms with Crippen molar-refractivity contribution in [3.8, 4) is 0 Å². The summed E-state index contributed by atoms with van der Waals surface area (Å²) in [4.78, 5) is 14.1. The minimum absolute atomic E-state index is 0.0284. The summed E-state index contributed by atoms with van der Waals surface area (Å²) in [5.74, 6) is 0.355. The third-order valence-corrected chi connectivity index (χ3v) is 4.30. The summed E-state index contributed by atoms with van der Waals surface area (Å²) in [7, 11) is 0. The van der Waals surface area contributed by atoms with Gasteiger partial charge in [-0.15, -0.1) is 0 Å². The van der Waals surface area contributed by atoms with Gasteiger partial charge >= 0.3 is 0 Å². The van der Waals surface area contributed by atoms with E-state index in [0.29, 0.717) is 28.1 Å². The monoisotopic (exact) mass is 286 g/mol. The summed E-state index contributed by atoms with van der Waals surface area (Å²) in [6, 6.07) is 5.12. The van der Waals surface area contributed by atoms with Crippen LogP contribution in [0.3, 0.4) is 0 Å². The van der Waals surface area contributed by atoms with Gasteiger partial charge in [0.1, 0.15) is 0 Å². The summed E-state index contributed by atoms with van der Waals surface area (Å²) in [5.41, 5.74) is 6.45. The Hall–Kier alpha value is -0.770. The first kappa shape index (κ1) is 13.7. The highest BCUT2D eigenvalue weighted by atomic mass is 35.5. The van der Waals surface area contributed by atoms with Crippen LogP contribution >= 0.6 is 23.2 Å². The molecule has 0 radical (unpaired) electrons. The molecule has 5 heteroatoms. The molecule has 0 aromatic heterocycles. The molecule has 0 spiro atoms. The summed E-state index contributed by atoms with van der Waals surface area (Å²) in [6.45, 7) is 3.40. The quantitative estimate of drug-likeness (QED) is 0.863. The first-order chi connectivity index (χ1) is 8.50. The van der Waals surface area contributed by atoms with Gasteiger partial charge in [0, 0.05) is 19.1 Å². The number of likely N-dealkylation sites (tertiary alicyclic amines) is 1. The van der Waals surface area contributed by atoms with Crippen molar-refractivity contribution >= 4 is 29.1 Å². The molecule has 2 atom stereocenters. The summed E-state index contributed by atoms with van der Waals surface area (Å²) in [6.07, 6.45) is 0.922. The Kier molecular flexibility index (Phi) is 4.15. The third-order valence-electron chi connectivity index (χ3n) is 3.49. The van der Waals surface area contributed by atoms with E-state index in [1.54, 1.807) is 23.1 Å². The average molecular weight is 287 g/mol. The van der Waals surface area contributed by atoms with Crippen LogP contribution in [0, 0.1) is 5.92 Å². The molecule has 1 aliphatic rings. The van der Waals surface area contributed by atoms with Crippen molar-refractivity contribution in [2.24, 2.45) is 11.7 Å². The zero-order valence-corrected chi connectivity index (χ0v) is 11.7. The Labute approximate surface area is 117 Å². The topological polar surface area (TPSA) is 46.3 Å². The molecular formula is C13H16Cl2N2O. The molecule has 0 saturated carbocycles. The largest absolute Gasteiger partial charge is 0.337 e. The summed E-state index contributed by atoms with van der Waals surface area (Å²) in [5, 5.41) is 0.716. The SMILES string of the molecule is CC1CCN(C(=O)c2cccc(Cl)c2Cl)CC1N. The lowest BCUT2D eigenvalue weighted by Gasteiger charge is -2.35. The maximum Gasteiger partial charge on any atom is 0.255 e. The molecule has 1 heterocycles. The van der Waals surface area contributed by atoms with Gasteiger partial charge in [-0.1, -0.05) is 36.2 Å². The lowest BCUT2D eigenvalue weighted by atomic mass is 9.94. The second-order valence-corrected chi connectivity index (χ2v) is 5.57. The summed E-state index contributed by atoms with van der Waals surface area (Å²) >= 11 is 12.0. The molecular weight excluding hydrogens is 271 g/mol. The van der Waals surface area contributed by atoms with E-state index in [1.165, 1.54) is 0 Å². The number of carbonyl (C=O) groups excluding carboxylic acids is 1. The first-order valence-corrected chi connectivity index (χ1v) is 6.75. The molecule has 0 aliphatic carbocycles. The molecule has 1 saturated heterocycles. The van der Waals surface area contributed by atoms with Crippen LogP contribution in [0.25, 0.3) is 0 Å². The Morgan fingerprint density at radius 2 is 2.17 bits per heavy atom. The molecule has 1 aromatic rings. The first-order valence-electron chi connectivity index (χ1n) is 5.99. The van der Waals surface area contributed by atoms with Gasteiger partial charge in [-0.2, -0.15) is 0 Å². The van der Waals surface area contributed by atoms with Crippen LogP contribution in [0.5, 0.6) is 0 Å². The average Bonchev–Trinajstić information content (AvgIpc) is 2.35. The highest BCUT2D eigenvalue weighted by molar-refractivity contribution is 6.43. The Morgan fingerprint density at radius 1 is 1.44 bits per heavy atom. The Balaban J connectivity index is 2.19. The van der Waals surface area contributed by atoms with Crippen LogP contribution in [-0.4, -0.2) is 29.9 Å². The fourth-order valence-corrected chi connectivity index (χ4v) is 2.50. The van der Waals surface area contributed by atoms with E-state index in [2.05, 4.69) is 6.92 Å². The normalized spacial score (nSPS) is 24.1. The van der Waals surface area contributed by atoms with E-state index in [0.717, 1.165) is 13.0 Å². The highest BCUT2D eigenvalue weighted by Crippen LogP contribution is 2.27. The second kappa shape index (κ2) is 5.47. The maximum atomic E-state index is 12.4. The van der Waals surface area contributed by atoms with Gasteiger partial charge in [-0.3, -0.25) is 4.79 Å². The minimum atomic E-state index is -0.0927. The zero-order chi connectivity index (χ0) is 13.3. The summed E-state index contributed by atoms with van der Waals surface area (Å²) < 4.78 is 0. The van der Waals surface area contributed by atoms with E-state index in [1.807, 2.05) is 0 Å². The maximum absolute atomic E-state index is 12.4. The lowest BCUT2D eigenvalue weighted by molar-refractivity contribution is 0.0672. The minimum Gasteiger partial charge on any atom is -0.337 e. The molecule has 2 N–H and O–H groups in total. The number of halogens is 2. The fraction of sp³-hybridized carbons (Fsp3) is 0.462. The van der Waals surface area contributed by atoms with Crippen molar-refractivity contribution in [2.75, 3.05) is 13.1 Å². The zero-order valence-electron chi connectivity index (χ0n) is 10.2. The number of rotatable bonds is 1. The van der Waals surface area contributed by atoms with Gasteiger partial charge in [-0.25, -0.2) is 0 Å². The highest BCUT2D eigenvalue weighted by Gasteiger charge is 2.28. The van der Waals surface area contributed by atoms with E-state index < -0.39 is 0 Å². The van der Waals surface area contributed by atoms with Gasteiger partial charge in [0.05, 0.1) is 15.6 Å². The lowest BCUT2D eigenvalue weighted by Crippen LogP contribution is -2.49. The van der Waals surface area contributed by atoms with Gasteiger partial charge in [-0.05, 0) is 24.5 Å². The predicted octanol–water partition coefficient (Wildman–Crippen LogP) is 2.80. The van der Waals surface area contributed by atoms with Crippen LogP contribution < -0.4 is 5.73 Å². The molecule has 1 aliphatic heterocycles. The number of carbonyl (C=O) groups is 1. The molecule has 0 bridgehead atoms. The third kappa shape index (κ3) is 2.63. The second-order valence-electron chi connectivity index (χ2n) is 4.78. The van der Waals surface area contributed by atoms with Crippen LogP contribution in [0.15, 0.2) is 18.2 Å². The molecule has 2 rings (SSSR count). The van der Waals surface area contributed by atoms with Crippen LogP contribution in [-0.2, 0) is 0 Å². The van der Waals surface area contributed by atoms with E-state index in [-0.39, 0.29) is 11.9 Å². The number of nitrogens with zero attached hydrogens (tertiary/aromatic N) is 1. The van der Waals surface area contributed by atoms with Crippen molar-refractivity contribution < 1.29 is 4.79 Å². The van der Waals surface area contributed by atoms with Crippen LogP contribution in [0.4, 0.5) is 0 Å². The number of benzene rings is 1.